The van der Waals surface area contributed by atoms with E-state index in [2.05, 4.69) is 28.8 Å². The van der Waals surface area contributed by atoms with Crippen LogP contribution in [0.25, 0.3) is 0 Å². The molecule has 1 unspecified atom stereocenters. The van der Waals surface area contributed by atoms with Crippen molar-refractivity contribution in [2.24, 2.45) is 0 Å². The molecule has 0 radical (unpaired) electrons. The van der Waals surface area contributed by atoms with Crippen molar-refractivity contribution < 1.29 is 4.74 Å². The minimum absolute atomic E-state index is 0.145. The van der Waals surface area contributed by atoms with Crippen LogP contribution in [0.5, 0.6) is 5.88 Å². The van der Waals surface area contributed by atoms with Crippen molar-refractivity contribution in [2.75, 3.05) is 11.9 Å². The van der Waals surface area contributed by atoms with Crippen molar-refractivity contribution >= 4 is 5.95 Å². The largest absolute Gasteiger partial charge is 0.478 e. The molecule has 1 aromatic rings. The van der Waals surface area contributed by atoms with Crippen LogP contribution in [0, 0.1) is 0 Å². The molecule has 0 saturated carbocycles. The van der Waals surface area contributed by atoms with E-state index >= 15 is 0 Å². The van der Waals surface area contributed by atoms with E-state index in [4.69, 9.17) is 4.74 Å². The van der Waals surface area contributed by atoms with Gasteiger partial charge in [-0.2, -0.15) is 4.98 Å². The van der Waals surface area contributed by atoms with Crippen molar-refractivity contribution in [1.82, 2.24) is 9.97 Å². The van der Waals surface area contributed by atoms with Gasteiger partial charge in [-0.25, -0.2) is 4.98 Å². The molecular formula is C11H17N3O. The number of rotatable bonds is 6. The summed E-state index contributed by atoms with van der Waals surface area (Å²) in [6.07, 6.45) is 4.44. The summed E-state index contributed by atoms with van der Waals surface area (Å²) in [6, 6.07) is 1.89. The second-order valence-corrected chi connectivity index (χ2v) is 3.24. The van der Waals surface area contributed by atoms with Crippen molar-refractivity contribution in [2.45, 2.75) is 26.3 Å². The Bertz CT molecular complexity index is 314. The van der Waals surface area contributed by atoms with E-state index in [0.717, 1.165) is 6.42 Å². The predicted molar refractivity (Wildman–Crippen MR) is 61.1 cm³/mol. The molecule has 82 valence electrons. The zero-order valence-corrected chi connectivity index (χ0v) is 9.23. The van der Waals surface area contributed by atoms with Crippen LogP contribution in [-0.4, -0.2) is 22.6 Å². The highest BCUT2D eigenvalue weighted by Gasteiger charge is 2.01. The molecule has 0 aliphatic carbocycles. The molecule has 0 fully saturated rings. The molecule has 1 aromatic heterocycles. The highest BCUT2D eigenvalue weighted by atomic mass is 16.5. The molecule has 1 heterocycles. The molecule has 0 aliphatic heterocycles. The van der Waals surface area contributed by atoms with Gasteiger partial charge in [-0.05, 0) is 13.3 Å². The Morgan fingerprint density at radius 2 is 2.47 bits per heavy atom. The molecule has 4 heteroatoms. The summed E-state index contributed by atoms with van der Waals surface area (Å²) in [4.78, 5) is 8.29. The van der Waals surface area contributed by atoms with E-state index in [1.54, 1.807) is 18.3 Å². The van der Waals surface area contributed by atoms with Crippen molar-refractivity contribution in [3.8, 4) is 5.88 Å². The van der Waals surface area contributed by atoms with E-state index < -0.39 is 0 Å². The fourth-order valence-electron chi connectivity index (χ4n) is 0.961. The van der Waals surface area contributed by atoms with Gasteiger partial charge < -0.3 is 10.1 Å². The molecule has 0 saturated heterocycles. The third-order valence-corrected chi connectivity index (χ3v) is 1.79. The summed E-state index contributed by atoms with van der Waals surface area (Å²) in [6.45, 7) is 8.39. The smallest absolute Gasteiger partial charge is 0.226 e. The van der Waals surface area contributed by atoms with Crippen LogP contribution in [-0.2, 0) is 0 Å². The van der Waals surface area contributed by atoms with Gasteiger partial charge >= 0.3 is 0 Å². The number of aromatic nitrogens is 2. The van der Waals surface area contributed by atoms with E-state index in [-0.39, 0.29) is 6.04 Å². The topological polar surface area (TPSA) is 47.0 Å². The summed E-state index contributed by atoms with van der Waals surface area (Å²) >= 11 is 0. The van der Waals surface area contributed by atoms with E-state index in [9.17, 15) is 0 Å². The first-order valence-corrected chi connectivity index (χ1v) is 5.11. The molecule has 0 aliphatic rings. The number of anilines is 1. The van der Waals surface area contributed by atoms with Crippen molar-refractivity contribution in [3.05, 3.63) is 24.9 Å². The first kappa shape index (κ1) is 11.5. The summed E-state index contributed by atoms with van der Waals surface area (Å²) in [5.74, 6) is 1.17. The summed E-state index contributed by atoms with van der Waals surface area (Å²) in [7, 11) is 0. The second-order valence-electron chi connectivity index (χ2n) is 3.24. The van der Waals surface area contributed by atoms with Crippen LogP contribution in [0.4, 0.5) is 5.95 Å². The average molecular weight is 207 g/mol. The third-order valence-electron chi connectivity index (χ3n) is 1.79. The molecule has 0 bridgehead atoms. The molecule has 0 amide bonds. The molecule has 4 nitrogen and oxygen atoms in total. The first-order valence-electron chi connectivity index (χ1n) is 5.11. The lowest BCUT2D eigenvalue weighted by molar-refractivity contribution is 0.305. The van der Waals surface area contributed by atoms with E-state index in [1.165, 1.54) is 0 Å². The summed E-state index contributed by atoms with van der Waals surface area (Å²) in [5, 5.41) is 3.09. The van der Waals surface area contributed by atoms with Crippen LogP contribution in [0.3, 0.4) is 0 Å². The number of hydrogen-bond donors (Lipinski definition) is 1. The van der Waals surface area contributed by atoms with Gasteiger partial charge in [0, 0.05) is 18.3 Å². The Kier molecular flexibility index (Phi) is 4.60. The fraction of sp³-hybridized carbons (Fsp3) is 0.455. The van der Waals surface area contributed by atoms with Crippen LogP contribution in [0.15, 0.2) is 24.9 Å². The van der Waals surface area contributed by atoms with Gasteiger partial charge in [-0.3, -0.25) is 0 Å². The van der Waals surface area contributed by atoms with Gasteiger partial charge in [0.1, 0.15) is 0 Å². The Labute approximate surface area is 90.4 Å². The maximum atomic E-state index is 5.39. The van der Waals surface area contributed by atoms with Crippen LogP contribution >= 0.6 is 0 Å². The van der Waals surface area contributed by atoms with Crippen LogP contribution < -0.4 is 10.1 Å². The predicted octanol–water partition coefficient (Wildman–Crippen LogP) is 2.25. The van der Waals surface area contributed by atoms with Crippen molar-refractivity contribution in [1.29, 1.82) is 0 Å². The maximum Gasteiger partial charge on any atom is 0.226 e. The van der Waals surface area contributed by atoms with Crippen molar-refractivity contribution in [3.63, 3.8) is 0 Å². The Balaban J connectivity index is 2.61. The Hall–Kier alpha value is -1.58. The monoisotopic (exact) mass is 207 g/mol. The first-order chi connectivity index (χ1) is 7.26. The number of nitrogens with zero attached hydrogens (tertiary/aromatic N) is 2. The van der Waals surface area contributed by atoms with E-state index in [0.29, 0.717) is 18.4 Å². The quantitative estimate of drug-likeness (QED) is 0.727. The van der Waals surface area contributed by atoms with Gasteiger partial charge in [0.05, 0.1) is 6.61 Å². The lowest BCUT2D eigenvalue weighted by Crippen LogP contribution is -2.14. The average Bonchev–Trinajstić information content (AvgIpc) is 2.26. The Morgan fingerprint density at radius 3 is 3.13 bits per heavy atom. The third kappa shape index (κ3) is 3.97. The molecule has 0 aromatic carbocycles. The minimum Gasteiger partial charge on any atom is -0.478 e. The summed E-state index contributed by atoms with van der Waals surface area (Å²) in [5.41, 5.74) is 0. The van der Waals surface area contributed by atoms with Crippen LogP contribution in [0.2, 0.25) is 0 Å². The Morgan fingerprint density at radius 1 is 1.67 bits per heavy atom. The molecule has 1 atom stereocenters. The van der Waals surface area contributed by atoms with Gasteiger partial charge in [0.25, 0.3) is 0 Å². The molecule has 1 N–H and O–H groups in total. The lowest BCUT2D eigenvalue weighted by atomic mass is 10.3. The standard InChI is InChI=1S/C11H17N3O/c1-4-8-15-10-6-7-12-11(14-10)13-9(3)5-2/h5-7,9H,2,4,8H2,1,3H3,(H,12,13,14). The summed E-state index contributed by atoms with van der Waals surface area (Å²) < 4.78 is 5.39. The zero-order valence-electron chi connectivity index (χ0n) is 9.23. The SMILES string of the molecule is C=CC(C)Nc1nccc(OCCC)n1. The van der Waals surface area contributed by atoms with Crippen LogP contribution in [0.1, 0.15) is 20.3 Å². The molecule has 15 heavy (non-hydrogen) atoms. The highest BCUT2D eigenvalue weighted by molar-refractivity contribution is 5.29. The normalized spacial score (nSPS) is 11.9. The van der Waals surface area contributed by atoms with E-state index in [1.807, 2.05) is 6.92 Å². The highest BCUT2D eigenvalue weighted by Crippen LogP contribution is 2.09. The fourth-order valence-corrected chi connectivity index (χ4v) is 0.961. The van der Waals surface area contributed by atoms with Gasteiger partial charge in [0.15, 0.2) is 0 Å². The van der Waals surface area contributed by atoms with Gasteiger partial charge in [-0.15, -0.1) is 6.58 Å². The minimum atomic E-state index is 0.145. The molecule has 1 rings (SSSR count). The van der Waals surface area contributed by atoms with Gasteiger partial charge in [0.2, 0.25) is 11.8 Å². The number of ether oxygens (including phenoxy) is 1. The second kappa shape index (κ2) is 6.01. The molecule has 0 spiro atoms. The number of nitrogens with one attached hydrogen (secondary N) is 1. The zero-order chi connectivity index (χ0) is 11.1. The number of hydrogen-bond acceptors (Lipinski definition) is 4. The maximum absolute atomic E-state index is 5.39. The lowest BCUT2D eigenvalue weighted by Gasteiger charge is -2.09. The van der Waals surface area contributed by atoms with Gasteiger partial charge in [-0.1, -0.05) is 13.0 Å². The molecular weight excluding hydrogens is 190 g/mol.